The molecular formula is C20H14FN3O4. The lowest BCUT2D eigenvalue weighted by Crippen LogP contribution is -2.20. The second-order valence-electron chi connectivity index (χ2n) is 5.71. The van der Waals surface area contributed by atoms with E-state index in [1.165, 1.54) is 28.8 Å². The third-order valence-electron chi connectivity index (χ3n) is 3.91. The Kier molecular flexibility index (Phi) is 5.18. The zero-order chi connectivity index (χ0) is 20.3. The van der Waals surface area contributed by atoms with Crippen LogP contribution < -0.4 is 10.3 Å². The van der Waals surface area contributed by atoms with E-state index in [0.717, 1.165) is 13.2 Å². The van der Waals surface area contributed by atoms with Crippen molar-refractivity contribution < 1.29 is 18.7 Å². The van der Waals surface area contributed by atoms with Crippen molar-refractivity contribution in [3.8, 4) is 17.7 Å². The molecule has 140 valence electrons. The van der Waals surface area contributed by atoms with E-state index >= 15 is 0 Å². The number of para-hydroxylation sites is 1. The van der Waals surface area contributed by atoms with E-state index in [4.69, 9.17) is 4.74 Å². The van der Waals surface area contributed by atoms with Crippen LogP contribution in [0.4, 0.5) is 4.39 Å². The second kappa shape index (κ2) is 7.72. The molecule has 3 rings (SSSR count). The first-order valence-electron chi connectivity index (χ1n) is 8.10. The van der Waals surface area contributed by atoms with Gasteiger partial charge in [0.2, 0.25) is 5.88 Å². The van der Waals surface area contributed by atoms with Crippen LogP contribution in [0.25, 0.3) is 11.7 Å². The Morgan fingerprint density at radius 1 is 1.29 bits per heavy atom. The first-order chi connectivity index (χ1) is 13.5. The SMILES string of the molecule is COC(=O)/C(C#N)=C\c1c(Oc2ccccc2F)nc2c(C)cccn2c1=O. The minimum atomic E-state index is -0.923. The fourth-order valence-corrected chi connectivity index (χ4v) is 2.52. The van der Waals surface area contributed by atoms with Crippen molar-refractivity contribution in [3.63, 3.8) is 0 Å². The summed E-state index contributed by atoms with van der Waals surface area (Å²) in [6, 6.07) is 10.7. The van der Waals surface area contributed by atoms with Crippen LogP contribution in [0.1, 0.15) is 11.1 Å². The zero-order valence-corrected chi connectivity index (χ0v) is 15.0. The maximum atomic E-state index is 14.0. The molecule has 0 spiro atoms. The van der Waals surface area contributed by atoms with Crippen molar-refractivity contribution in [1.82, 2.24) is 9.38 Å². The van der Waals surface area contributed by atoms with Gasteiger partial charge in [0, 0.05) is 6.20 Å². The predicted molar refractivity (Wildman–Crippen MR) is 98.3 cm³/mol. The van der Waals surface area contributed by atoms with Crippen LogP contribution in [0.2, 0.25) is 0 Å². The fourth-order valence-electron chi connectivity index (χ4n) is 2.52. The van der Waals surface area contributed by atoms with E-state index < -0.39 is 22.9 Å². The van der Waals surface area contributed by atoms with Crippen molar-refractivity contribution in [3.05, 3.63) is 75.5 Å². The number of aromatic nitrogens is 2. The summed E-state index contributed by atoms with van der Waals surface area (Å²) in [7, 11) is 1.11. The van der Waals surface area contributed by atoms with Crippen LogP contribution in [-0.4, -0.2) is 22.5 Å². The second-order valence-corrected chi connectivity index (χ2v) is 5.71. The van der Waals surface area contributed by atoms with Crippen molar-refractivity contribution in [2.75, 3.05) is 7.11 Å². The average molecular weight is 379 g/mol. The molecule has 2 heterocycles. The van der Waals surface area contributed by atoms with Crippen LogP contribution in [-0.2, 0) is 9.53 Å². The summed E-state index contributed by atoms with van der Waals surface area (Å²) >= 11 is 0. The van der Waals surface area contributed by atoms with Gasteiger partial charge in [0.15, 0.2) is 11.6 Å². The molecule has 0 fully saturated rings. The topological polar surface area (TPSA) is 93.7 Å². The third-order valence-corrected chi connectivity index (χ3v) is 3.91. The highest BCUT2D eigenvalue weighted by Crippen LogP contribution is 2.26. The van der Waals surface area contributed by atoms with Crippen LogP contribution >= 0.6 is 0 Å². The lowest BCUT2D eigenvalue weighted by Gasteiger charge is -2.11. The van der Waals surface area contributed by atoms with Gasteiger partial charge in [-0.25, -0.2) is 9.18 Å². The summed E-state index contributed by atoms with van der Waals surface area (Å²) in [4.78, 5) is 29.1. The molecule has 0 aliphatic heterocycles. The number of methoxy groups -OCH3 is 1. The Morgan fingerprint density at radius 2 is 2.04 bits per heavy atom. The molecule has 2 aromatic heterocycles. The van der Waals surface area contributed by atoms with Gasteiger partial charge in [0.25, 0.3) is 5.56 Å². The standard InChI is InChI=1S/C20H14FN3O4/c1-12-6-5-9-24-17(12)23-18(28-16-8-4-3-7-15(16)21)14(19(24)25)10-13(11-22)20(26)27-2/h3-10H,1-2H3/b13-10-. The van der Waals surface area contributed by atoms with Crippen molar-refractivity contribution >= 4 is 17.7 Å². The quantitative estimate of drug-likeness (QED) is 0.393. The molecule has 0 N–H and O–H groups in total. The molecule has 7 nitrogen and oxygen atoms in total. The number of ether oxygens (including phenoxy) is 2. The van der Waals surface area contributed by atoms with E-state index in [0.29, 0.717) is 11.2 Å². The molecule has 0 aliphatic carbocycles. The lowest BCUT2D eigenvalue weighted by molar-refractivity contribution is -0.135. The van der Waals surface area contributed by atoms with Crippen molar-refractivity contribution in [2.45, 2.75) is 6.92 Å². The largest absolute Gasteiger partial charge is 0.465 e. The predicted octanol–water partition coefficient (Wildman–Crippen LogP) is 3.01. The minimum absolute atomic E-state index is 0.154. The Bertz CT molecular complexity index is 1210. The average Bonchev–Trinajstić information content (AvgIpc) is 2.70. The number of esters is 1. The number of hydrogen-bond donors (Lipinski definition) is 0. The van der Waals surface area contributed by atoms with Crippen LogP contribution in [0.5, 0.6) is 11.6 Å². The zero-order valence-electron chi connectivity index (χ0n) is 15.0. The van der Waals surface area contributed by atoms with E-state index in [1.807, 2.05) is 0 Å². The monoisotopic (exact) mass is 379 g/mol. The smallest absolute Gasteiger partial charge is 0.348 e. The Morgan fingerprint density at radius 3 is 2.71 bits per heavy atom. The summed E-state index contributed by atoms with van der Waals surface area (Å²) in [6.07, 6.45) is 2.51. The maximum Gasteiger partial charge on any atom is 0.348 e. The molecule has 0 atom stereocenters. The highest BCUT2D eigenvalue weighted by molar-refractivity contribution is 5.98. The van der Waals surface area contributed by atoms with E-state index in [9.17, 15) is 19.2 Å². The van der Waals surface area contributed by atoms with Crippen molar-refractivity contribution in [1.29, 1.82) is 5.26 Å². The molecule has 0 saturated heterocycles. The molecule has 0 saturated carbocycles. The Hall–Kier alpha value is -3.99. The summed E-state index contributed by atoms with van der Waals surface area (Å²) in [5.74, 6) is -1.97. The number of nitriles is 1. The normalized spacial score (nSPS) is 11.1. The van der Waals surface area contributed by atoms with Gasteiger partial charge in [-0.1, -0.05) is 18.2 Å². The van der Waals surface area contributed by atoms with Crippen LogP contribution in [0, 0.1) is 24.1 Å². The van der Waals surface area contributed by atoms with Gasteiger partial charge >= 0.3 is 5.97 Å². The minimum Gasteiger partial charge on any atom is -0.465 e. The van der Waals surface area contributed by atoms with Crippen LogP contribution in [0.15, 0.2) is 53.0 Å². The van der Waals surface area contributed by atoms with Crippen LogP contribution in [0.3, 0.4) is 0 Å². The summed E-state index contributed by atoms with van der Waals surface area (Å²) in [5.41, 5.74) is -0.216. The molecule has 0 unspecified atom stereocenters. The number of benzene rings is 1. The molecule has 0 amide bonds. The molecule has 3 aromatic rings. The van der Waals surface area contributed by atoms with E-state index in [-0.39, 0.29) is 17.2 Å². The van der Waals surface area contributed by atoms with Gasteiger partial charge in [0.05, 0.1) is 7.11 Å². The van der Waals surface area contributed by atoms with Gasteiger partial charge in [-0.3, -0.25) is 9.20 Å². The first-order valence-corrected chi connectivity index (χ1v) is 8.10. The molecule has 0 aliphatic rings. The third kappa shape index (κ3) is 3.46. The maximum absolute atomic E-state index is 14.0. The highest BCUT2D eigenvalue weighted by atomic mass is 19.1. The number of fused-ring (bicyclic) bond motifs is 1. The molecule has 28 heavy (non-hydrogen) atoms. The van der Waals surface area contributed by atoms with E-state index in [1.54, 1.807) is 31.2 Å². The highest BCUT2D eigenvalue weighted by Gasteiger charge is 2.19. The molecule has 0 radical (unpaired) electrons. The van der Waals surface area contributed by atoms with Gasteiger partial charge in [-0.15, -0.1) is 0 Å². The number of pyridine rings is 1. The number of halogens is 1. The number of carbonyl (C=O) groups is 1. The fraction of sp³-hybridized carbons (Fsp3) is 0.100. The number of rotatable bonds is 4. The lowest BCUT2D eigenvalue weighted by atomic mass is 10.2. The van der Waals surface area contributed by atoms with Gasteiger partial charge in [0.1, 0.15) is 22.9 Å². The summed E-state index contributed by atoms with van der Waals surface area (Å²) in [5, 5.41) is 9.21. The van der Waals surface area contributed by atoms with Crippen molar-refractivity contribution in [2.24, 2.45) is 0 Å². The van der Waals surface area contributed by atoms with Gasteiger partial charge in [-0.05, 0) is 36.8 Å². The molecule has 0 bridgehead atoms. The summed E-state index contributed by atoms with van der Waals surface area (Å²) in [6.45, 7) is 1.75. The molecule has 8 heteroatoms. The summed E-state index contributed by atoms with van der Waals surface area (Å²) < 4.78 is 25.4. The van der Waals surface area contributed by atoms with E-state index in [2.05, 4.69) is 9.72 Å². The first kappa shape index (κ1) is 18.8. The number of hydrogen-bond acceptors (Lipinski definition) is 6. The number of nitrogens with zero attached hydrogens (tertiary/aromatic N) is 3. The van der Waals surface area contributed by atoms with Gasteiger partial charge < -0.3 is 9.47 Å². The number of carbonyl (C=O) groups excluding carboxylic acids is 1. The molecular weight excluding hydrogens is 365 g/mol. The van der Waals surface area contributed by atoms with Gasteiger partial charge in [-0.2, -0.15) is 10.2 Å². The number of aryl methyl sites for hydroxylation is 1. The Labute approximate surface area is 158 Å². The Balaban J connectivity index is 2.31. The molecule has 1 aromatic carbocycles.